The average Bonchev–Trinajstić information content (AvgIpc) is 2.70. The number of benzene rings is 2. The largest absolute Gasteiger partial charge is 0.456 e. The minimum absolute atomic E-state index is 0.147. The van der Waals surface area contributed by atoms with E-state index in [1.807, 2.05) is 18.2 Å². The van der Waals surface area contributed by atoms with Crippen LogP contribution in [-0.2, 0) is 20.7 Å². The fourth-order valence-corrected chi connectivity index (χ4v) is 2.87. The zero-order chi connectivity index (χ0) is 19.5. The average molecular weight is 379 g/mol. The lowest BCUT2D eigenvalue weighted by atomic mass is 10.1. The summed E-state index contributed by atoms with van der Waals surface area (Å²) < 4.78 is 5.00. The molecule has 6 nitrogen and oxygen atoms in total. The van der Waals surface area contributed by atoms with Gasteiger partial charge in [-0.2, -0.15) is 10.5 Å². The smallest absolute Gasteiger partial charge is 0.306 e. The van der Waals surface area contributed by atoms with Crippen LogP contribution in [0.3, 0.4) is 0 Å². The Hall–Kier alpha value is -3.29. The number of hydrogen-bond donors (Lipinski definition) is 1. The Morgan fingerprint density at radius 3 is 2.52 bits per heavy atom. The molecule has 0 aliphatic carbocycles. The Kier molecular flexibility index (Phi) is 7.90. The van der Waals surface area contributed by atoms with Gasteiger partial charge in [-0.1, -0.05) is 24.3 Å². The molecule has 0 fully saturated rings. The fourth-order valence-electron chi connectivity index (χ4n) is 2.20. The van der Waals surface area contributed by atoms with Gasteiger partial charge in [0.1, 0.15) is 0 Å². The van der Waals surface area contributed by atoms with E-state index in [0.29, 0.717) is 17.7 Å². The van der Waals surface area contributed by atoms with Gasteiger partial charge in [-0.05, 0) is 36.2 Å². The van der Waals surface area contributed by atoms with Crippen molar-refractivity contribution in [3.8, 4) is 12.1 Å². The summed E-state index contributed by atoms with van der Waals surface area (Å²) >= 11 is 1.32. The third-order valence-corrected chi connectivity index (χ3v) is 4.46. The summed E-state index contributed by atoms with van der Waals surface area (Å²) in [6.07, 6.45) is 0.619. The maximum absolute atomic E-state index is 12.0. The number of thioether (sulfide) groups is 1. The molecule has 1 N–H and O–H groups in total. The first-order valence-electron chi connectivity index (χ1n) is 8.15. The third kappa shape index (κ3) is 6.85. The molecule has 0 spiro atoms. The van der Waals surface area contributed by atoms with Gasteiger partial charge >= 0.3 is 5.97 Å². The zero-order valence-corrected chi connectivity index (χ0v) is 15.3. The second-order valence-corrected chi connectivity index (χ2v) is 6.48. The molecule has 0 aliphatic heterocycles. The highest BCUT2D eigenvalue weighted by molar-refractivity contribution is 7.99. The first-order valence-corrected chi connectivity index (χ1v) is 9.14. The second-order valence-electron chi connectivity index (χ2n) is 5.46. The minimum atomic E-state index is -0.471. The SMILES string of the molecule is N#CCSc1ccccc1NC(=O)COC(=O)CCc1ccc(C#N)cc1. The van der Waals surface area contributed by atoms with Crippen molar-refractivity contribution in [1.82, 2.24) is 0 Å². The van der Waals surface area contributed by atoms with Gasteiger partial charge < -0.3 is 10.1 Å². The van der Waals surface area contributed by atoms with E-state index in [-0.39, 0.29) is 18.8 Å². The van der Waals surface area contributed by atoms with E-state index in [1.165, 1.54) is 11.8 Å². The van der Waals surface area contributed by atoms with E-state index in [1.54, 1.807) is 42.5 Å². The molecule has 2 rings (SSSR count). The number of carbonyl (C=O) groups is 2. The topological polar surface area (TPSA) is 103 Å². The lowest BCUT2D eigenvalue weighted by Gasteiger charge is -2.10. The first kappa shape index (κ1) is 20.0. The van der Waals surface area contributed by atoms with E-state index in [9.17, 15) is 9.59 Å². The van der Waals surface area contributed by atoms with Crippen LogP contribution in [-0.4, -0.2) is 24.2 Å². The lowest BCUT2D eigenvalue weighted by Crippen LogP contribution is -2.21. The van der Waals surface area contributed by atoms with Crippen molar-refractivity contribution in [3.63, 3.8) is 0 Å². The summed E-state index contributed by atoms with van der Waals surface area (Å²) in [7, 11) is 0. The molecule has 0 heterocycles. The normalized spacial score (nSPS) is 9.70. The number of anilines is 1. The Labute approximate surface area is 161 Å². The number of nitriles is 2. The summed E-state index contributed by atoms with van der Waals surface area (Å²) in [4.78, 5) is 24.6. The molecule has 1 amide bonds. The number of amides is 1. The van der Waals surface area contributed by atoms with E-state index in [0.717, 1.165) is 10.5 Å². The summed E-state index contributed by atoms with van der Waals surface area (Å²) in [6.45, 7) is -0.372. The van der Waals surface area contributed by atoms with Crippen LogP contribution in [0.5, 0.6) is 0 Å². The fraction of sp³-hybridized carbons (Fsp3) is 0.200. The summed E-state index contributed by atoms with van der Waals surface area (Å²) in [5, 5.41) is 20.1. The summed E-state index contributed by atoms with van der Waals surface area (Å²) in [5.41, 5.74) is 2.06. The van der Waals surface area contributed by atoms with Crippen LogP contribution in [0.2, 0.25) is 0 Å². The number of ether oxygens (including phenoxy) is 1. The highest BCUT2D eigenvalue weighted by Crippen LogP contribution is 2.26. The molecule has 0 bridgehead atoms. The second kappa shape index (κ2) is 10.6. The highest BCUT2D eigenvalue weighted by Gasteiger charge is 2.10. The highest BCUT2D eigenvalue weighted by atomic mass is 32.2. The van der Waals surface area contributed by atoms with Crippen molar-refractivity contribution in [3.05, 3.63) is 59.7 Å². The Morgan fingerprint density at radius 2 is 1.81 bits per heavy atom. The molecule has 0 radical (unpaired) electrons. The standard InChI is InChI=1S/C20H17N3O3S/c21-11-12-27-18-4-2-1-3-17(18)23-19(24)14-26-20(25)10-9-15-5-7-16(13-22)8-6-15/h1-8H,9-10,12,14H2,(H,23,24). The molecule has 0 atom stereocenters. The molecular formula is C20H17N3O3S. The quantitative estimate of drug-likeness (QED) is 0.558. The van der Waals surface area contributed by atoms with Crippen molar-refractivity contribution >= 4 is 29.3 Å². The van der Waals surface area contributed by atoms with Crippen LogP contribution >= 0.6 is 11.8 Å². The number of hydrogen-bond acceptors (Lipinski definition) is 6. The van der Waals surface area contributed by atoms with Crippen molar-refractivity contribution in [2.24, 2.45) is 0 Å². The van der Waals surface area contributed by atoms with Crippen LogP contribution in [0.1, 0.15) is 17.5 Å². The van der Waals surface area contributed by atoms with Gasteiger partial charge in [-0.3, -0.25) is 9.59 Å². The Morgan fingerprint density at radius 1 is 1.07 bits per heavy atom. The van der Waals surface area contributed by atoms with Crippen LogP contribution in [0.4, 0.5) is 5.69 Å². The lowest BCUT2D eigenvalue weighted by molar-refractivity contribution is -0.147. The van der Waals surface area contributed by atoms with Gasteiger partial charge in [0.25, 0.3) is 5.91 Å². The van der Waals surface area contributed by atoms with Crippen LogP contribution in [0, 0.1) is 22.7 Å². The van der Waals surface area contributed by atoms with Crippen LogP contribution in [0.15, 0.2) is 53.4 Å². The predicted octanol–water partition coefficient (Wildman–Crippen LogP) is 3.29. The van der Waals surface area contributed by atoms with Gasteiger partial charge in [0.2, 0.25) is 0 Å². The number of carbonyl (C=O) groups excluding carboxylic acids is 2. The van der Waals surface area contributed by atoms with E-state index >= 15 is 0 Å². The van der Waals surface area contributed by atoms with Crippen LogP contribution < -0.4 is 5.32 Å². The van der Waals surface area contributed by atoms with Gasteiger partial charge in [-0.25, -0.2) is 0 Å². The first-order chi connectivity index (χ1) is 13.1. The van der Waals surface area contributed by atoms with Crippen molar-refractivity contribution in [2.45, 2.75) is 17.7 Å². The number of aryl methyl sites for hydroxylation is 1. The number of para-hydroxylation sites is 1. The molecule has 136 valence electrons. The molecule has 0 aliphatic rings. The van der Waals surface area contributed by atoms with E-state index in [2.05, 4.69) is 5.32 Å². The number of rotatable bonds is 8. The van der Waals surface area contributed by atoms with Crippen molar-refractivity contribution in [2.75, 3.05) is 17.7 Å². The van der Waals surface area contributed by atoms with Gasteiger partial charge in [0, 0.05) is 11.3 Å². The number of nitrogens with zero attached hydrogens (tertiary/aromatic N) is 2. The molecule has 7 heteroatoms. The molecule has 0 saturated carbocycles. The summed E-state index contributed by atoms with van der Waals surface area (Å²) in [6, 6.07) is 18.1. The molecule has 2 aromatic carbocycles. The maximum atomic E-state index is 12.0. The molecule has 0 unspecified atom stereocenters. The molecule has 27 heavy (non-hydrogen) atoms. The number of nitrogens with one attached hydrogen (secondary N) is 1. The number of esters is 1. The van der Waals surface area contributed by atoms with Gasteiger partial charge in [0.15, 0.2) is 6.61 Å². The minimum Gasteiger partial charge on any atom is -0.456 e. The van der Waals surface area contributed by atoms with Crippen molar-refractivity contribution in [1.29, 1.82) is 10.5 Å². The van der Waals surface area contributed by atoms with Gasteiger partial charge in [0.05, 0.1) is 29.1 Å². The van der Waals surface area contributed by atoms with Crippen LogP contribution in [0.25, 0.3) is 0 Å². The van der Waals surface area contributed by atoms with E-state index < -0.39 is 11.9 Å². The Balaban J connectivity index is 1.77. The third-order valence-electron chi connectivity index (χ3n) is 3.52. The molecule has 2 aromatic rings. The Bertz CT molecular complexity index is 883. The van der Waals surface area contributed by atoms with Gasteiger partial charge in [-0.15, -0.1) is 11.8 Å². The summed E-state index contributed by atoms with van der Waals surface area (Å²) in [5.74, 6) is -0.634. The zero-order valence-electron chi connectivity index (χ0n) is 14.5. The predicted molar refractivity (Wildman–Crippen MR) is 102 cm³/mol. The molecule has 0 aromatic heterocycles. The molecule has 0 saturated heterocycles. The molecular weight excluding hydrogens is 362 g/mol. The van der Waals surface area contributed by atoms with Crippen molar-refractivity contribution < 1.29 is 14.3 Å². The monoisotopic (exact) mass is 379 g/mol. The van der Waals surface area contributed by atoms with E-state index in [4.69, 9.17) is 15.3 Å². The maximum Gasteiger partial charge on any atom is 0.306 e.